The number of hydrogen-bond acceptors (Lipinski definition) is 3. The van der Waals surface area contributed by atoms with Gasteiger partial charge in [-0.05, 0) is 43.5 Å². The zero-order chi connectivity index (χ0) is 13.0. The SMILES string of the molecule is Cc1cc(N(CCO)C2CCCCC2)ccc1N. The maximum atomic E-state index is 9.29. The molecule has 1 aromatic rings. The second-order valence-corrected chi connectivity index (χ2v) is 5.25. The Morgan fingerprint density at radius 1 is 1.28 bits per heavy atom. The molecule has 100 valence electrons. The zero-order valence-corrected chi connectivity index (χ0v) is 11.2. The molecule has 0 spiro atoms. The van der Waals surface area contributed by atoms with Crippen molar-refractivity contribution < 1.29 is 5.11 Å². The van der Waals surface area contributed by atoms with Crippen molar-refractivity contribution >= 4 is 11.4 Å². The number of nitrogen functional groups attached to an aromatic ring is 1. The van der Waals surface area contributed by atoms with Crippen LogP contribution >= 0.6 is 0 Å². The van der Waals surface area contributed by atoms with E-state index in [1.807, 2.05) is 13.0 Å². The quantitative estimate of drug-likeness (QED) is 0.805. The second-order valence-electron chi connectivity index (χ2n) is 5.25. The maximum absolute atomic E-state index is 9.29. The van der Waals surface area contributed by atoms with E-state index in [9.17, 15) is 5.11 Å². The van der Waals surface area contributed by atoms with Gasteiger partial charge in [-0.25, -0.2) is 0 Å². The summed E-state index contributed by atoms with van der Waals surface area (Å²) < 4.78 is 0. The average molecular weight is 248 g/mol. The standard InChI is InChI=1S/C15H24N2O/c1-12-11-14(7-8-15(12)16)17(9-10-18)13-5-3-2-4-6-13/h7-8,11,13,18H,2-6,9-10,16H2,1H3. The number of benzene rings is 1. The van der Waals surface area contributed by atoms with Crippen molar-refractivity contribution in [3.8, 4) is 0 Å². The lowest BCUT2D eigenvalue weighted by Gasteiger charge is -2.36. The van der Waals surface area contributed by atoms with Gasteiger partial charge in [0.1, 0.15) is 0 Å². The van der Waals surface area contributed by atoms with Crippen molar-refractivity contribution in [2.75, 3.05) is 23.8 Å². The van der Waals surface area contributed by atoms with Crippen molar-refractivity contribution in [1.82, 2.24) is 0 Å². The minimum absolute atomic E-state index is 0.208. The van der Waals surface area contributed by atoms with E-state index in [4.69, 9.17) is 5.73 Å². The molecule has 1 saturated carbocycles. The molecule has 0 unspecified atom stereocenters. The Bertz CT molecular complexity index is 386. The number of anilines is 2. The molecule has 1 aliphatic carbocycles. The van der Waals surface area contributed by atoms with Gasteiger partial charge < -0.3 is 15.7 Å². The Morgan fingerprint density at radius 2 is 2.00 bits per heavy atom. The van der Waals surface area contributed by atoms with E-state index in [-0.39, 0.29) is 6.61 Å². The Kier molecular flexibility index (Phi) is 4.48. The molecule has 1 aliphatic rings. The van der Waals surface area contributed by atoms with Gasteiger partial charge in [-0.3, -0.25) is 0 Å². The third-order valence-corrected chi connectivity index (χ3v) is 3.94. The third kappa shape index (κ3) is 2.96. The molecule has 3 heteroatoms. The first-order chi connectivity index (χ1) is 8.72. The number of aliphatic hydroxyl groups is 1. The first kappa shape index (κ1) is 13.2. The number of nitrogens with two attached hydrogens (primary N) is 1. The zero-order valence-electron chi connectivity index (χ0n) is 11.2. The molecular formula is C15H24N2O. The topological polar surface area (TPSA) is 49.5 Å². The van der Waals surface area contributed by atoms with Crippen LogP contribution in [-0.2, 0) is 0 Å². The monoisotopic (exact) mass is 248 g/mol. The van der Waals surface area contributed by atoms with Gasteiger partial charge in [0.05, 0.1) is 6.61 Å². The summed E-state index contributed by atoms with van der Waals surface area (Å²) in [5, 5.41) is 9.29. The van der Waals surface area contributed by atoms with Crippen LogP contribution in [0.25, 0.3) is 0 Å². The van der Waals surface area contributed by atoms with Crippen LogP contribution < -0.4 is 10.6 Å². The molecular weight excluding hydrogens is 224 g/mol. The van der Waals surface area contributed by atoms with E-state index in [1.54, 1.807) is 0 Å². The van der Waals surface area contributed by atoms with E-state index >= 15 is 0 Å². The Morgan fingerprint density at radius 3 is 2.61 bits per heavy atom. The Hall–Kier alpha value is -1.22. The van der Waals surface area contributed by atoms with E-state index in [0.29, 0.717) is 12.6 Å². The van der Waals surface area contributed by atoms with Gasteiger partial charge in [0.2, 0.25) is 0 Å². The predicted octanol–water partition coefficient (Wildman–Crippen LogP) is 2.71. The summed E-state index contributed by atoms with van der Waals surface area (Å²) in [6.45, 7) is 2.96. The molecule has 3 N–H and O–H groups in total. The molecule has 0 atom stereocenters. The second kappa shape index (κ2) is 6.10. The summed E-state index contributed by atoms with van der Waals surface area (Å²) in [5.41, 5.74) is 9.03. The fraction of sp³-hybridized carbons (Fsp3) is 0.600. The van der Waals surface area contributed by atoms with Crippen molar-refractivity contribution in [2.24, 2.45) is 0 Å². The summed E-state index contributed by atoms with van der Waals surface area (Å²) in [6.07, 6.45) is 6.44. The van der Waals surface area contributed by atoms with Crippen LogP contribution in [0.2, 0.25) is 0 Å². The number of hydrogen-bond donors (Lipinski definition) is 2. The van der Waals surface area contributed by atoms with Gasteiger partial charge in [-0.2, -0.15) is 0 Å². The summed E-state index contributed by atoms with van der Waals surface area (Å²) in [5.74, 6) is 0. The van der Waals surface area contributed by atoms with Crippen LogP contribution in [0.4, 0.5) is 11.4 Å². The first-order valence-electron chi connectivity index (χ1n) is 6.96. The van der Waals surface area contributed by atoms with E-state index in [0.717, 1.165) is 11.3 Å². The highest BCUT2D eigenvalue weighted by Crippen LogP contribution is 2.28. The number of rotatable bonds is 4. The van der Waals surface area contributed by atoms with Crippen LogP contribution in [0.3, 0.4) is 0 Å². The number of aliphatic hydroxyl groups excluding tert-OH is 1. The molecule has 0 saturated heterocycles. The molecule has 0 heterocycles. The fourth-order valence-corrected chi connectivity index (χ4v) is 2.86. The van der Waals surface area contributed by atoms with Gasteiger partial charge in [0.15, 0.2) is 0 Å². The van der Waals surface area contributed by atoms with Gasteiger partial charge >= 0.3 is 0 Å². The van der Waals surface area contributed by atoms with Crippen molar-refractivity contribution in [2.45, 2.75) is 45.1 Å². The van der Waals surface area contributed by atoms with Crippen molar-refractivity contribution in [3.63, 3.8) is 0 Å². The van der Waals surface area contributed by atoms with Crippen LogP contribution in [-0.4, -0.2) is 24.3 Å². The molecule has 2 rings (SSSR count). The fourth-order valence-electron chi connectivity index (χ4n) is 2.86. The maximum Gasteiger partial charge on any atom is 0.0606 e. The van der Waals surface area contributed by atoms with E-state index < -0.39 is 0 Å². The normalized spacial score (nSPS) is 16.8. The lowest BCUT2D eigenvalue weighted by molar-refractivity contribution is 0.290. The van der Waals surface area contributed by atoms with Gasteiger partial charge in [-0.1, -0.05) is 19.3 Å². The minimum atomic E-state index is 0.208. The molecule has 3 nitrogen and oxygen atoms in total. The van der Waals surface area contributed by atoms with Crippen molar-refractivity contribution in [3.05, 3.63) is 23.8 Å². The number of aryl methyl sites for hydroxylation is 1. The lowest BCUT2D eigenvalue weighted by atomic mass is 9.93. The molecule has 0 bridgehead atoms. The molecule has 0 radical (unpaired) electrons. The molecule has 1 fully saturated rings. The number of nitrogens with zero attached hydrogens (tertiary/aromatic N) is 1. The summed E-state index contributed by atoms with van der Waals surface area (Å²) in [6, 6.07) is 6.76. The summed E-state index contributed by atoms with van der Waals surface area (Å²) in [7, 11) is 0. The molecule has 0 aliphatic heterocycles. The van der Waals surface area contributed by atoms with Crippen LogP contribution in [0.15, 0.2) is 18.2 Å². The largest absolute Gasteiger partial charge is 0.399 e. The average Bonchev–Trinajstić information content (AvgIpc) is 2.40. The Balaban J connectivity index is 2.19. The van der Waals surface area contributed by atoms with Gasteiger partial charge in [-0.15, -0.1) is 0 Å². The first-order valence-corrected chi connectivity index (χ1v) is 6.96. The van der Waals surface area contributed by atoms with Crippen LogP contribution in [0.5, 0.6) is 0 Å². The van der Waals surface area contributed by atoms with E-state index in [2.05, 4.69) is 17.0 Å². The molecule has 18 heavy (non-hydrogen) atoms. The minimum Gasteiger partial charge on any atom is -0.399 e. The molecule has 1 aromatic carbocycles. The van der Waals surface area contributed by atoms with E-state index in [1.165, 1.54) is 37.8 Å². The lowest BCUT2D eigenvalue weighted by Crippen LogP contribution is -2.38. The highest BCUT2D eigenvalue weighted by atomic mass is 16.3. The van der Waals surface area contributed by atoms with Crippen molar-refractivity contribution in [1.29, 1.82) is 0 Å². The van der Waals surface area contributed by atoms with Gasteiger partial charge in [0.25, 0.3) is 0 Å². The van der Waals surface area contributed by atoms with Gasteiger partial charge in [0, 0.05) is 24.0 Å². The molecule has 0 amide bonds. The molecule has 0 aromatic heterocycles. The van der Waals surface area contributed by atoms with Crippen LogP contribution in [0, 0.1) is 6.92 Å². The highest BCUT2D eigenvalue weighted by Gasteiger charge is 2.21. The summed E-state index contributed by atoms with van der Waals surface area (Å²) >= 11 is 0. The predicted molar refractivity (Wildman–Crippen MR) is 76.9 cm³/mol. The summed E-state index contributed by atoms with van der Waals surface area (Å²) in [4.78, 5) is 2.35. The highest BCUT2D eigenvalue weighted by molar-refractivity contribution is 5.58. The van der Waals surface area contributed by atoms with Crippen LogP contribution in [0.1, 0.15) is 37.7 Å². The Labute approximate surface area is 110 Å². The third-order valence-electron chi connectivity index (χ3n) is 3.94. The smallest absolute Gasteiger partial charge is 0.0606 e.